The largest absolute Gasteiger partial charge is 0.462 e. The van der Waals surface area contributed by atoms with Crippen molar-refractivity contribution in [1.29, 1.82) is 0 Å². The standard InChI is InChI=1S/C61H111NO5/c1-4-7-10-13-16-19-22-25-27-29-31-33-36-39-42-45-48-51-54-61(66)67-57(52-49-46-43-40-37-34-24-21-18-15-12-9-6-3)55-60(65)62-58(56-63)59(64)53-50-47-44-41-38-35-32-30-28-26-23-20-17-14-11-8-5-2/h9,12,15,18,21,24,27,29,31,33,57-59,63-64H,4-8,10-11,13-14,16-17,19-20,22-23,25-26,28,30,32,34-56H2,1-3H3,(H,62,65)/b12-9+,18-15+,24-21+,29-27+,33-31+. The molecule has 0 fully saturated rings. The van der Waals surface area contributed by atoms with Gasteiger partial charge in [-0.3, -0.25) is 9.59 Å². The molecule has 0 aromatic heterocycles. The van der Waals surface area contributed by atoms with Crippen LogP contribution in [-0.4, -0.2) is 46.9 Å². The lowest BCUT2D eigenvalue weighted by Crippen LogP contribution is -2.46. The monoisotopic (exact) mass is 938 g/mol. The zero-order valence-corrected chi connectivity index (χ0v) is 44.5. The number of rotatable bonds is 52. The maximum absolute atomic E-state index is 13.3. The number of ether oxygens (including phenoxy) is 1. The first-order chi connectivity index (χ1) is 33.0. The van der Waals surface area contributed by atoms with Gasteiger partial charge in [-0.15, -0.1) is 0 Å². The topological polar surface area (TPSA) is 95.9 Å². The summed E-state index contributed by atoms with van der Waals surface area (Å²) in [4.78, 5) is 26.3. The van der Waals surface area contributed by atoms with Crippen LogP contribution in [0, 0.1) is 0 Å². The number of amides is 1. The van der Waals surface area contributed by atoms with Crippen molar-refractivity contribution < 1.29 is 24.5 Å². The summed E-state index contributed by atoms with van der Waals surface area (Å²) < 4.78 is 5.94. The lowest BCUT2D eigenvalue weighted by molar-refractivity contribution is -0.151. The zero-order valence-electron chi connectivity index (χ0n) is 44.5. The average molecular weight is 939 g/mol. The minimum absolute atomic E-state index is 0.0572. The molecule has 0 aromatic carbocycles. The second-order valence-corrected chi connectivity index (χ2v) is 19.8. The third-order valence-electron chi connectivity index (χ3n) is 13.2. The van der Waals surface area contributed by atoms with Gasteiger partial charge in [0.2, 0.25) is 5.91 Å². The van der Waals surface area contributed by atoms with Crippen LogP contribution in [0.1, 0.15) is 290 Å². The van der Waals surface area contributed by atoms with E-state index < -0.39 is 18.2 Å². The second kappa shape index (κ2) is 54.5. The number of nitrogens with one attached hydrogen (secondary N) is 1. The van der Waals surface area contributed by atoms with E-state index in [1.54, 1.807) is 0 Å². The molecule has 0 heterocycles. The number of carbonyl (C=O) groups is 2. The molecule has 0 aromatic rings. The van der Waals surface area contributed by atoms with Gasteiger partial charge >= 0.3 is 5.97 Å². The molecule has 6 nitrogen and oxygen atoms in total. The molecule has 6 heteroatoms. The first-order valence-electron chi connectivity index (χ1n) is 29.1. The molecule has 3 unspecified atom stereocenters. The molecule has 67 heavy (non-hydrogen) atoms. The Labute approximate surface area is 416 Å². The lowest BCUT2D eigenvalue weighted by atomic mass is 10.0. The van der Waals surface area contributed by atoms with Gasteiger partial charge in [0.25, 0.3) is 0 Å². The van der Waals surface area contributed by atoms with Gasteiger partial charge in [-0.2, -0.15) is 0 Å². The minimum Gasteiger partial charge on any atom is -0.462 e. The van der Waals surface area contributed by atoms with Crippen molar-refractivity contribution in [1.82, 2.24) is 5.32 Å². The van der Waals surface area contributed by atoms with Gasteiger partial charge in [-0.1, -0.05) is 268 Å². The van der Waals surface area contributed by atoms with Gasteiger partial charge in [-0.05, 0) is 70.6 Å². The summed E-state index contributed by atoms with van der Waals surface area (Å²) in [6.07, 6.45) is 68.6. The molecule has 0 spiro atoms. The van der Waals surface area contributed by atoms with E-state index in [9.17, 15) is 19.8 Å². The van der Waals surface area contributed by atoms with Crippen LogP contribution in [0.4, 0.5) is 0 Å². The van der Waals surface area contributed by atoms with Crippen LogP contribution < -0.4 is 5.32 Å². The molecule has 0 aliphatic carbocycles. The highest BCUT2D eigenvalue weighted by Gasteiger charge is 2.24. The molecule has 0 bridgehead atoms. The number of aliphatic hydroxyl groups is 2. The normalized spacial score (nSPS) is 13.6. The van der Waals surface area contributed by atoms with Gasteiger partial charge in [-0.25, -0.2) is 0 Å². The molecule has 390 valence electrons. The first-order valence-corrected chi connectivity index (χ1v) is 29.1. The van der Waals surface area contributed by atoms with E-state index in [4.69, 9.17) is 4.74 Å². The third-order valence-corrected chi connectivity index (χ3v) is 13.2. The third kappa shape index (κ3) is 49.8. The molecule has 0 rings (SSSR count). The van der Waals surface area contributed by atoms with Crippen LogP contribution in [0.15, 0.2) is 60.8 Å². The minimum atomic E-state index is -0.799. The number of hydrogen-bond donors (Lipinski definition) is 3. The first kappa shape index (κ1) is 64.6. The number of carbonyl (C=O) groups excluding carboxylic acids is 2. The van der Waals surface area contributed by atoms with Gasteiger partial charge < -0.3 is 20.3 Å². The maximum Gasteiger partial charge on any atom is 0.306 e. The predicted octanol–water partition coefficient (Wildman–Crippen LogP) is 18.0. The Morgan fingerprint density at radius 1 is 0.448 bits per heavy atom. The van der Waals surface area contributed by atoms with Crippen LogP contribution >= 0.6 is 0 Å². The van der Waals surface area contributed by atoms with E-state index in [2.05, 4.69) is 86.8 Å². The number of unbranched alkanes of at least 4 members (excludes halogenated alkanes) is 33. The smallest absolute Gasteiger partial charge is 0.306 e. The Bertz CT molecular complexity index is 1190. The Hall–Kier alpha value is -2.44. The van der Waals surface area contributed by atoms with E-state index in [1.807, 2.05) is 0 Å². The molecule has 3 atom stereocenters. The van der Waals surface area contributed by atoms with Crippen LogP contribution in [0.25, 0.3) is 0 Å². The number of hydrogen-bond acceptors (Lipinski definition) is 5. The molecule has 3 N–H and O–H groups in total. The molecule has 0 aliphatic heterocycles. The molecule has 0 saturated carbocycles. The molecule has 0 aliphatic rings. The van der Waals surface area contributed by atoms with Gasteiger partial charge in [0.1, 0.15) is 6.10 Å². The molecule has 0 saturated heterocycles. The van der Waals surface area contributed by atoms with E-state index in [-0.39, 0.29) is 24.9 Å². The Morgan fingerprint density at radius 2 is 0.806 bits per heavy atom. The number of allylic oxidation sites excluding steroid dienone is 10. The van der Waals surface area contributed by atoms with Crippen molar-refractivity contribution in [2.24, 2.45) is 0 Å². The Kier molecular flexibility index (Phi) is 52.5. The summed E-state index contributed by atoms with van der Waals surface area (Å²) in [6.45, 7) is 6.37. The average Bonchev–Trinajstić information content (AvgIpc) is 3.32. The van der Waals surface area contributed by atoms with E-state index in [1.165, 1.54) is 141 Å². The molecular weight excluding hydrogens is 827 g/mol. The van der Waals surface area contributed by atoms with E-state index in [0.717, 1.165) is 103 Å². The summed E-state index contributed by atoms with van der Waals surface area (Å²) in [6, 6.07) is -0.714. The van der Waals surface area contributed by atoms with Gasteiger partial charge in [0, 0.05) is 6.42 Å². The number of esters is 1. The predicted molar refractivity (Wildman–Crippen MR) is 292 cm³/mol. The molecular formula is C61H111NO5. The highest BCUT2D eigenvalue weighted by atomic mass is 16.5. The summed E-state index contributed by atoms with van der Waals surface area (Å²) in [5, 5.41) is 23.9. The quantitative estimate of drug-likeness (QED) is 0.0321. The fraction of sp³-hybridized carbons (Fsp3) is 0.803. The fourth-order valence-electron chi connectivity index (χ4n) is 8.78. The summed E-state index contributed by atoms with van der Waals surface area (Å²) in [7, 11) is 0. The van der Waals surface area contributed by atoms with Gasteiger partial charge in [0.15, 0.2) is 0 Å². The number of aliphatic hydroxyl groups excluding tert-OH is 2. The van der Waals surface area contributed by atoms with Crippen LogP contribution in [0.3, 0.4) is 0 Å². The highest BCUT2D eigenvalue weighted by Crippen LogP contribution is 2.18. The maximum atomic E-state index is 13.3. The van der Waals surface area contributed by atoms with Gasteiger partial charge in [0.05, 0.1) is 25.2 Å². The van der Waals surface area contributed by atoms with Crippen molar-refractivity contribution in [3.05, 3.63) is 60.8 Å². The van der Waals surface area contributed by atoms with Crippen LogP contribution in [-0.2, 0) is 14.3 Å². The van der Waals surface area contributed by atoms with E-state index >= 15 is 0 Å². The van der Waals surface area contributed by atoms with Crippen molar-refractivity contribution in [2.45, 2.75) is 309 Å². The fourth-order valence-corrected chi connectivity index (χ4v) is 8.78. The summed E-state index contributed by atoms with van der Waals surface area (Å²) >= 11 is 0. The van der Waals surface area contributed by atoms with Crippen molar-refractivity contribution in [3.8, 4) is 0 Å². The Morgan fingerprint density at radius 3 is 1.22 bits per heavy atom. The SMILES string of the molecule is CC/C=C/C=C/C=C/CCCCCCCC(CC(=O)NC(CO)C(O)CCCCCCCCCCCCCCCCCCC)OC(=O)CCCCCCC/C=C/C=C/CCCCCCCCC. The van der Waals surface area contributed by atoms with Crippen molar-refractivity contribution in [3.63, 3.8) is 0 Å². The highest BCUT2D eigenvalue weighted by molar-refractivity contribution is 5.77. The van der Waals surface area contributed by atoms with Crippen molar-refractivity contribution >= 4 is 11.9 Å². The lowest BCUT2D eigenvalue weighted by Gasteiger charge is -2.24. The summed E-state index contributed by atoms with van der Waals surface area (Å²) in [5.74, 6) is -0.505. The zero-order chi connectivity index (χ0) is 48.8. The Balaban J connectivity index is 4.54. The molecule has 1 amide bonds. The van der Waals surface area contributed by atoms with Crippen molar-refractivity contribution in [2.75, 3.05) is 6.61 Å². The summed E-state index contributed by atoms with van der Waals surface area (Å²) in [5.41, 5.74) is 0. The van der Waals surface area contributed by atoms with Crippen LogP contribution in [0.5, 0.6) is 0 Å². The second-order valence-electron chi connectivity index (χ2n) is 19.8. The van der Waals surface area contributed by atoms with E-state index in [0.29, 0.717) is 19.3 Å². The molecule has 0 radical (unpaired) electrons. The van der Waals surface area contributed by atoms with Crippen LogP contribution in [0.2, 0.25) is 0 Å².